The van der Waals surface area contributed by atoms with E-state index in [9.17, 15) is 0 Å². The van der Waals surface area contributed by atoms with Crippen molar-refractivity contribution < 1.29 is 0 Å². The van der Waals surface area contributed by atoms with E-state index in [0.29, 0.717) is 0 Å². The highest BCUT2D eigenvalue weighted by atomic mass is 32.2. The monoisotopic (exact) mass is 213 g/mol. The van der Waals surface area contributed by atoms with Crippen LogP contribution < -0.4 is 5.32 Å². The molecule has 0 aliphatic heterocycles. The van der Waals surface area contributed by atoms with Crippen LogP contribution in [0.25, 0.3) is 0 Å². The van der Waals surface area contributed by atoms with E-state index in [1.54, 1.807) is 0 Å². The van der Waals surface area contributed by atoms with Gasteiger partial charge in [-0.1, -0.05) is 0 Å². The van der Waals surface area contributed by atoms with Crippen LogP contribution in [0.1, 0.15) is 12.8 Å². The second kappa shape index (κ2) is 7.88. The first kappa shape index (κ1) is 11.6. The molecule has 0 bridgehead atoms. The van der Waals surface area contributed by atoms with Crippen molar-refractivity contribution in [3.63, 3.8) is 0 Å². The number of thioether (sulfide) groups is 1. The molecule has 0 aliphatic rings. The summed E-state index contributed by atoms with van der Waals surface area (Å²) in [6, 6.07) is 0. The molecule has 0 spiro atoms. The van der Waals surface area contributed by atoms with Gasteiger partial charge in [0.25, 0.3) is 0 Å². The molecule has 0 atom stereocenters. The van der Waals surface area contributed by atoms with Crippen LogP contribution in [-0.4, -0.2) is 34.6 Å². The Bertz CT molecular complexity index is 211. The van der Waals surface area contributed by atoms with Crippen LogP contribution in [0.15, 0.2) is 18.7 Å². The van der Waals surface area contributed by atoms with Crippen molar-refractivity contribution in [3.05, 3.63) is 18.7 Å². The Morgan fingerprint density at radius 2 is 2.21 bits per heavy atom. The lowest BCUT2D eigenvalue weighted by molar-refractivity contribution is 0.579. The first-order valence-electron chi connectivity index (χ1n) is 5.09. The lowest BCUT2D eigenvalue weighted by Gasteiger charge is -2.04. The molecule has 1 rings (SSSR count). The predicted octanol–water partition coefficient (Wildman–Crippen LogP) is 1.62. The van der Waals surface area contributed by atoms with Gasteiger partial charge in [-0.25, -0.2) is 4.98 Å². The molecule has 0 aliphatic carbocycles. The highest BCUT2D eigenvalue weighted by molar-refractivity contribution is 7.98. The average molecular weight is 213 g/mol. The minimum absolute atomic E-state index is 1.07. The van der Waals surface area contributed by atoms with Crippen LogP contribution in [0.4, 0.5) is 0 Å². The molecular weight excluding hydrogens is 194 g/mol. The molecule has 3 nitrogen and oxygen atoms in total. The molecule has 0 saturated heterocycles. The van der Waals surface area contributed by atoms with Gasteiger partial charge in [-0.2, -0.15) is 11.8 Å². The van der Waals surface area contributed by atoms with Gasteiger partial charge < -0.3 is 9.88 Å². The fourth-order valence-corrected chi connectivity index (χ4v) is 1.71. The summed E-state index contributed by atoms with van der Waals surface area (Å²) in [7, 11) is 0. The van der Waals surface area contributed by atoms with Crippen LogP contribution >= 0.6 is 11.8 Å². The fourth-order valence-electron chi connectivity index (χ4n) is 1.27. The molecule has 0 aromatic carbocycles. The van der Waals surface area contributed by atoms with Gasteiger partial charge in [0.2, 0.25) is 0 Å². The minimum atomic E-state index is 1.07. The number of aryl methyl sites for hydroxylation is 1. The first-order chi connectivity index (χ1) is 6.93. The minimum Gasteiger partial charge on any atom is -0.337 e. The van der Waals surface area contributed by atoms with Gasteiger partial charge in [0.05, 0.1) is 6.33 Å². The summed E-state index contributed by atoms with van der Waals surface area (Å²) < 4.78 is 2.11. The third kappa shape index (κ3) is 5.29. The SMILES string of the molecule is CSCCCNCCCn1ccnc1. The van der Waals surface area contributed by atoms with Gasteiger partial charge in [0.15, 0.2) is 0 Å². The summed E-state index contributed by atoms with van der Waals surface area (Å²) >= 11 is 1.91. The van der Waals surface area contributed by atoms with Gasteiger partial charge in [-0.15, -0.1) is 0 Å². The Morgan fingerprint density at radius 3 is 2.93 bits per heavy atom. The lowest BCUT2D eigenvalue weighted by atomic mass is 10.4. The average Bonchev–Trinajstić information content (AvgIpc) is 2.69. The zero-order chi connectivity index (χ0) is 10.1. The number of imidazole rings is 1. The van der Waals surface area contributed by atoms with Crippen molar-refractivity contribution >= 4 is 11.8 Å². The van der Waals surface area contributed by atoms with Crippen molar-refractivity contribution in [1.29, 1.82) is 0 Å². The van der Waals surface area contributed by atoms with Gasteiger partial charge in [0, 0.05) is 18.9 Å². The van der Waals surface area contributed by atoms with E-state index in [1.165, 1.54) is 18.6 Å². The molecule has 4 heteroatoms. The number of hydrogen-bond donors (Lipinski definition) is 1. The molecule has 0 amide bonds. The molecule has 1 heterocycles. The normalized spacial score (nSPS) is 10.6. The number of aromatic nitrogens is 2. The van der Waals surface area contributed by atoms with E-state index in [1.807, 2.05) is 30.5 Å². The fraction of sp³-hybridized carbons (Fsp3) is 0.700. The Hall–Kier alpha value is -0.480. The molecular formula is C10H19N3S. The summed E-state index contributed by atoms with van der Waals surface area (Å²) in [6.45, 7) is 3.31. The molecule has 0 fully saturated rings. The van der Waals surface area contributed by atoms with E-state index in [4.69, 9.17) is 0 Å². The van der Waals surface area contributed by atoms with E-state index < -0.39 is 0 Å². The number of nitrogens with one attached hydrogen (secondary N) is 1. The molecule has 1 aromatic rings. The zero-order valence-corrected chi connectivity index (χ0v) is 9.59. The second-order valence-electron chi connectivity index (χ2n) is 3.25. The highest BCUT2D eigenvalue weighted by Crippen LogP contribution is 1.93. The Labute approximate surface area is 90.3 Å². The van der Waals surface area contributed by atoms with Gasteiger partial charge >= 0.3 is 0 Å². The molecule has 0 unspecified atom stereocenters. The van der Waals surface area contributed by atoms with Crippen LogP contribution in [0.5, 0.6) is 0 Å². The second-order valence-corrected chi connectivity index (χ2v) is 4.24. The number of hydrogen-bond acceptors (Lipinski definition) is 3. The Balaban J connectivity index is 1.85. The maximum atomic E-state index is 4.00. The predicted molar refractivity (Wildman–Crippen MR) is 62.7 cm³/mol. The van der Waals surface area contributed by atoms with Crippen molar-refractivity contribution in [2.45, 2.75) is 19.4 Å². The van der Waals surface area contributed by atoms with Crippen LogP contribution in [0.2, 0.25) is 0 Å². The molecule has 80 valence electrons. The first-order valence-corrected chi connectivity index (χ1v) is 6.48. The van der Waals surface area contributed by atoms with Crippen molar-refractivity contribution in [1.82, 2.24) is 14.9 Å². The summed E-state index contributed by atoms with van der Waals surface area (Å²) in [5.74, 6) is 1.26. The molecule has 14 heavy (non-hydrogen) atoms. The van der Waals surface area contributed by atoms with Gasteiger partial charge in [-0.05, 0) is 37.9 Å². The van der Waals surface area contributed by atoms with Crippen LogP contribution in [0.3, 0.4) is 0 Å². The molecule has 0 radical (unpaired) electrons. The third-order valence-electron chi connectivity index (χ3n) is 2.03. The van der Waals surface area contributed by atoms with Crippen molar-refractivity contribution in [2.75, 3.05) is 25.1 Å². The van der Waals surface area contributed by atoms with Crippen molar-refractivity contribution in [2.24, 2.45) is 0 Å². The number of nitrogens with zero attached hydrogens (tertiary/aromatic N) is 2. The standard InChI is InChI=1S/C10H19N3S/c1-14-9-3-5-11-4-2-7-13-8-6-12-10-13/h6,8,10-11H,2-5,7,9H2,1H3. The maximum Gasteiger partial charge on any atom is 0.0945 e. The van der Waals surface area contributed by atoms with Crippen LogP contribution in [-0.2, 0) is 6.54 Å². The summed E-state index contributed by atoms with van der Waals surface area (Å²) in [6.07, 6.45) is 10.3. The molecule has 1 N–H and O–H groups in total. The molecule has 1 aromatic heterocycles. The highest BCUT2D eigenvalue weighted by Gasteiger charge is 1.90. The van der Waals surface area contributed by atoms with Gasteiger partial charge in [0.1, 0.15) is 0 Å². The lowest BCUT2D eigenvalue weighted by Crippen LogP contribution is -2.18. The third-order valence-corrected chi connectivity index (χ3v) is 2.73. The summed E-state index contributed by atoms with van der Waals surface area (Å²) in [5, 5.41) is 3.44. The number of rotatable bonds is 8. The maximum absolute atomic E-state index is 4.00. The van der Waals surface area contributed by atoms with Crippen molar-refractivity contribution in [3.8, 4) is 0 Å². The van der Waals surface area contributed by atoms with E-state index in [2.05, 4.69) is 21.1 Å². The van der Waals surface area contributed by atoms with Crippen LogP contribution in [0, 0.1) is 0 Å². The largest absolute Gasteiger partial charge is 0.337 e. The molecule has 0 saturated carbocycles. The Morgan fingerprint density at radius 1 is 1.36 bits per heavy atom. The Kier molecular flexibility index (Phi) is 6.53. The summed E-state index contributed by atoms with van der Waals surface area (Å²) in [4.78, 5) is 4.00. The van der Waals surface area contributed by atoms with E-state index >= 15 is 0 Å². The topological polar surface area (TPSA) is 29.9 Å². The van der Waals surface area contributed by atoms with E-state index in [-0.39, 0.29) is 0 Å². The van der Waals surface area contributed by atoms with E-state index in [0.717, 1.165) is 19.6 Å². The zero-order valence-electron chi connectivity index (χ0n) is 8.78. The smallest absolute Gasteiger partial charge is 0.0945 e. The quantitative estimate of drug-likeness (QED) is 0.665. The summed E-state index contributed by atoms with van der Waals surface area (Å²) in [5.41, 5.74) is 0. The van der Waals surface area contributed by atoms with Gasteiger partial charge in [-0.3, -0.25) is 0 Å².